The molecule has 0 aliphatic carbocycles. The maximum absolute atomic E-state index is 13.8. The summed E-state index contributed by atoms with van der Waals surface area (Å²) < 4.78 is 15.4. The van der Waals surface area contributed by atoms with Crippen LogP contribution in [-0.4, -0.2) is 75.1 Å². The van der Waals surface area contributed by atoms with Gasteiger partial charge >= 0.3 is 6.03 Å². The summed E-state index contributed by atoms with van der Waals surface area (Å²) in [6.45, 7) is 4.46. The lowest BCUT2D eigenvalue weighted by atomic mass is 10.2. The molecule has 0 spiro atoms. The number of nitrogens with zero attached hydrogens (tertiary/aromatic N) is 5. The van der Waals surface area contributed by atoms with Crippen LogP contribution in [0.3, 0.4) is 0 Å². The number of hydrogen-bond acceptors (Lipinski definition) is 4. The number of rotatable bonds is 5. The third-order valence-electron chi connectivity index (χ3n) is 4.70. The van der Waals surface area contributed by atoms with E-state index in [1.54, 1.807) is 11.1 Å². The van der Waals surface area contributed by atoms with Crippen molar-refractivity contribution in [3.63, 3.8) is 0 Å². The number of urea groups is 1. The molecular weight excluding hydrogens is 327 g/mol. The van der Waals surface area contributed by atoms with Crippen molar-refractivity contribution >= 4 is 11.9 Å². The van der Waals surface area contributed by atoms with Crippen molar-refractivity contribution in [2.45, 2.75) is 51.4 Å². The standard InChI is InChI=1S/C16H25FN6O2/c1-2-5-18-16(25)23-9-12(17)8-13(23)10-22-11-14(19-20-22)15(24)21-6-3-4-7-21/h11-13H,2-10H2,1H3,(H,18,25)/t12-,13-/m0/s1. The fraction of sp³-hybridized carbons (Fsp3) is 0.750. The predicted octanol–water partition coefficient (Wildman–Crippen LogP) is 1.05. The third kappa shape index (κ3) is 4.08. The average molecular weight is 352 g/mol. The number of aromatic nitrogens is 3. The maximum atomic E-state index is 13.8. The van der Waals surface area contributed by atoms with E-state index in [4.69, 9.17) is 0 Å². The smallest absolute Gasteiger partial charge is 0.317 e. The third-order valence-corrected chi connectivity index (χ3v) is 4.70. The molecule has 8 nitrogen and oxygen atoms in total. The quantitative estimate of drug-likeness (QED) is 0.858. The summed E-state index contributed by atoms with van der Waals surface area (Å²) in [7, 11) is 0. The van der Waals surface area contributed by atoms with Gasteiger partial charge in [0.25, 0.3) is 5.91 Å². The molecule has 0 saturated carbocycles. The highest BCUT2D eigenvalue weighted by Gasteiger charge is 2.36. The first-order chi connectivity index (χ1) is 12.1. The van der Waals surface area contributed by atoms with E-state index in [0.29, 0.717) is 18.8 Å². The number of amides is 3. The minimum atomic E-state index is -1.04. The first-order valence-electron chi connectivity index (χ1n) is 8.96. The second kappa shape index (κ2) is 7.79. The van der Waals surface area contributed by atoms with Crippen molar-refractivity contribution in [3.05, 3.63) is 11.9 Å². The molecule has 2 fully saturated rings. The predicted molar refractivity (Wildman–Crippen MR) is 88.9 cm³/mol. The van der Waals surface area contributed by atoms with Gasteiger partial charge in [0, 0.05) is 26.1 Å². The molecule has 25 heavy (non-hydrogen) atoms. The topological polar surface area (TPSA) is 83.4 Å². The van der Waals surface area contributed by atoms with Gasteiger partial charge in [-0.15, -0.1) is 5.10 Å². The maximum Gasteiger partial charge on any atom is 0.317 e. The van der Waals surface area contributed by atoms with Gasteiger partial charge in [0.05, 0.1) is 25.3 Å². The van der Waals surface area contributed by atoms with Crippen molar-refractivity contribution in [2.24, 2.45) is 0 Å². The Morgan fingerprint density at radius 1 is 1.36 bits per heavy atom. The van der Waals surface area contributed by atoms with Crippen LogP contribution in [0.25, 0.3) is 0 Å². The van der Waals surface area contributed by atoms with Gasteiger partial charge in [-0.1, -0.05) is 12.1 Å². The molecule has 2 atom stereocenters. The highest BCUT2D eigenvalue weighted by atomic mass is 19.1. The van der Waals surface area contributed by atoms with Gasteiger partial charge in [0.2, 0.25) is 0 Å². The van der Waals surface area contributed by atoms with E-state index in [-0.39, 0.29) is 30.9 Å². The largest absolute Gasteiger partial charge is 0.338 e. The fourth-order valence-corrected chi connectivity index (χ4v) is 3.40. The van der Waals surface area contributed by atoms with Crippen molar-refractivity contribution in [2.75, 3.05) is 26.2 Å². The molecule has 1 aromatic heterocycles. The molecule has 0 bridgehead atoms. The van der Waals surface area contributed by atoms with Crippen LogP contribution in [0.15, 0.2) is 6.20 Å². The van der Waals surface area contributed by atoms with Gasteiger partial charge in [-0.3, -0.25) is 4.79 Å². The van der Waals surface area contributed by atoms with Crippen LogP contribution in [0.1, 0.15) is 43.1 Å². The van der Waals surface area contributed by atoms with E-state index >= 15 is 0 Å². The Hall–Kier alpha value is -2.19. The average Bonchev–Trinajstić information content (AvgIpc) is 3.33. The van der Waals surface area contributed by atoms with Crippen molar-refractivity contribution < 1.29 is 14.0 Å². The first-order valence-corrected chi connectivity index (χ1v) is 8.96. The summed E-state index contributed by atoms with van der Waals surface area (Å²) in [5.74, 6) is -0.115. The zero-order chi connectivity index (χ0) is 17.8. The Labute approximate surface area is 146 Å². The highest BCUT2D eigenvalue weighted by molar-refractivity contribution is 5.92. The molecule has 0 unspecified atom stereocenters. The Morgan fingerprint density at radius 2 is 2.12 bits per heavy atom. The van der Waals surface area contributed by atoms with Crippen LogP contribution in [0.5, 0.6) is 0 Å². The lowest BCUT2D eigenvalue weighted by Gasteiger charge is -2.24. The minimum absolute atomic E-state index is 0.0917. The second-order valence-electron chi connectivity index (χ2n) is 6.70. The molecule has 0 aromatic carbocycles. The summed E-state index contributed by atoms with van der Waals surface area (Å²) in [5, 5.41) is 10.7. The Balaban J connectivity index is 1.62. The molecule has 138 valence electrons. The lowest BCUT2D eigenvalue weighted by Crippen LogP contribution is -2.44. The second-order valence-corrected chi connectivity index (χ2v) is 6.70. The number of nitrogens with one attached hydrogen (secondary N) is 1. The molecule has 3 amide bonds. The Morgan fingerprint density at radius 3 is 2.84 bits per heavy atom. The molecule has 9 heteroatoms. The van der Waals surface area contributed by atoms with E-state index in [0.717, 1.165) is 32.4 Å². The van der Waals surface area contributed by atoms with Gasteiger partial charge in [-0.2, -0.15) is 0 Å². The summed E-state index contributed by atoms with van der Waals surface area (Å²) >= 11 is 0. The summed E-state index contributed by atoms with van der Waals surface area (Å²) in [4.78, 5) is 27.8. The Bertz CT molecular complexity index is 616. The van der Waals surface area contributed by atoms with E-state index in [1.807, 2.05) is 6.92 Å². The van der Waals surface area contributed by atoms with Crippen molar-refractivity contribution in [1.82, 2.24) is 30.1 Å². The normalized spacial score (nSPS) is 23.3. The molecule has 2 saturated heterocycles. The summed E-state index contributed by atoms with van der Waals surface area (Å²) in [5.41, 5.74) is 0.304. The lowest BCUT2D eigenvalue weighted by molar-refractivity contribution is 0.0787. The molecule has 0 radical (unpaired) electrons. The SMILES string of the molecule is CCCNC(=O)N1C[C@@H](F)C[C@H]1Cn1cc(C(=O)N2CCCC2)nn1. The first kappa shape index (κ1) is 17.6. The Kier molecular flexibility index (Phi) is 5.50. The molecule has 3 rings (SSSR count). The van der Waals surface area contributed by atoms with Gasteiger partial charge in [-0.25, -0.2) is 13.9 Å². The van der Waals surface area contributed by atoms with Crippen molar-refractivity contribution in [3.8, 4) is 0 Å². The molecule has 1 N–H and O–H groups in total. The number of hydrogen-bond donors (Lipinski definition) is 1. The number of carbonyl (C=O) groups is 2. The van der Waals surface area contributed by atoms with Crippen LogP contribution in [0.2, 0.25) is 0 Å². The number of alkyl halides is 1. The van der Waals surface area contributed by atoms with Crippen LogP contribution in [-0.2, 0) is 6.54 Å². The fourth-order valence-electron chi connectivity index (χ4n) is 3.40. The summed E-state index contributed by atoms with van der Waals surface area (Å²) in [6, 6.07) is -0.538. The highest BCUT2D eigenvalue weighted by Crippen LogP contribution is 2.22. The van der Waals surface area contributed by atoms with Gasteiger partial charge < -0.3 is 15.1 Å². The molecule has 1 aromatic rings. The number of halogens is 1. The zero-order valence-electron chi connectivity index (χ0n) is 14.5. The minimum Gasteiger partial charge on any atom is -0.338 e. The van der Waals surface area contributed by atoms with Gasteiger partial charge in [0.15, 0.2) is 5.69 Å². The molecule has 2 aliphatic heterocycles. The zero-order valence-corrected chi connectivity index (χ0v) is 14.5. The van der Waals surface area contributed by atoms with E-state index in [9.17, 15) is 14.0 Å². The number of carbonyl (C=O) groups excluding carboxylic acids is 2. The molecule has 3 heterocycles. The van der Waals surface area contributed by atoms with Crippen molar-refractivity contribution in [1.29, 1.82) is 0 Å². The van der Waals surface area contributed by atoms with Crippen LogP contribution < -0.4 is 5.32 Å². The molecule has 2 aliphatic rings. The summed E-state index contributed by atoms with van der Waals surface area (Å²) in [6.07, 6.45) is 3.69. The van der Waals surface area contributed by atoms with Crippen LogP contribution >= 0.6 is 0 Å². The number of likely N-dealkylation sites (tertiary alicyclic amines) is 2. The van der Waals surface area contributed by atoms with Crippen LogP contribution in [0.4, 0.5) is 9.18 Å². The van der Waals surface area contributed by atoms with E-state index < -0.39 is 6.17 Å². The van der Waals surface area contributed by atoms with Gasteiger partial charge in [0.1, 0.15) is 6.17 Å². The van der Waals surface area contributed by atoms with E-state index in [2.05, 4.69) is 15.6 Å². The monoisotopic (exact) mass is 352 g/mol. The molecular formula is C16H25FN6O2. The van der Waals surface area contributed by atoms with Gasteiger partial charge in [-0.05, 0) is 19.3 Å². The van der Waals surface area contributed by atoms with E-state index in [1.165, 1.54) is 9.58 Å². The van der Waals surface area contributed by atoms with Crippen LogP contribution in [0, 0.1) is 0 Å².